The van der Waals surface area contributed by atoms with Crippen LogP contribution in [0, 0.1) is 5.82 Å². The molecule has 0 saturated carbocycles. The highest BCUT2D eigenvalue weighted by Gasteiger charge is 2.14. The lowest BCUT2D eigenvalue weighted by Crippen LogP contribution is -2.28. The summed E-state index contributed by atoms with van der Waals surface area (Å²) in [7, 11) is 0. The fraction of sp³-hybridized carbons (Fsp3) is 0.111. The largest absolute Gasteiger partial charge is 0.292 e. The van der Waals surface area contributed by atoms with Crippen molar-refractivity contribution in [3.05, 3.63) is 34.1 Å². The average molecular weight is 260 g/mol. The molecule has 0 unspecified atom stereocenters. The molecular formula is C9H7BrFNO2. The molecule has 0 spiro atoms. The Balaban J connectivity index is 3.01. The van der Waals surface area contributed by atoms with Crippen molar-refractivity contribution in [1.29, 1.82) is 0 Å². The van der Waals surface area contributed by atoms with Gasteiger partial charge in [-0.05, 0) is 28.1 Å². The van der Waals surface area contributed by atoms with Crippen molar-refractivity contribution in [1.82, 2.24) is 5.32 Å². The summed E-state index contributed by atoms with van der Waals surface area (Å²) >= 11 is 2.94. The summed E-state index contributed by atoms with van der Waals surface area (Å²) in [4.78, 5) is 21.8. The molecule has 14 heavy (non-hydrogen) atoms. The van der Waals surface area contributed by atoms with Gasteiger partial charge in [-0.15, -0.1) is 0 Å². The maximum atomic E-state index is 13.3. The second kappa shape index (κ2) is 4.32. The number of nitrogens with one attached hydrogen (secondary N) is 1. The minimum Gasteiger partial charge on any atom is -0.292 e. The van der Waals surface area contributed by atoms with Crippen molar-refractivity contribution >= 4 is 27.7 Å². The van der Waals surface area contributed by atoms with E-state index in [0.29, 0.717) is 0 Å². The molecule has 0 aliphatic heterocycles. The van der Waals surface area contributed by atoms with E-state index in [0.717, 1.165) is 0 Å². The Morgan fingerprint density at radius 1 is 1.43 bits per heavy atom. The smallest absolute Gasteiger partial charge is 0.260 e. The van der Waals surface area contributed by atoms with Gasteiger partial charge < -0.3 is 0 Å². The molecule has 74 valence electrons. The molecule has 3 nitrogen and oxygen atoms in total. The van der Waals surface area contributed by atoms with Crippen molar-refractivity contribution < 1.29 is 14.0 Å². The first-order valence-electron chi connectivity index (χ1n) is 3.78. The van der Waals surface area contributed by atoms with Crippen LogP contribution in [0.4, 0.5) is 4.39 Å². The van der Waals surface area contributed by atoms with Gasteiger partial charge in [-0.1, -0.05) is 6.07 Å². The van der Waals surface area contributed by atoms with E-state index in [4.69, 9.17) is 0 Å². The standard InChI is InChI=1S/C9H7BrFNO2/c1-5(13)12-9(14)6-3-2-4-7(10)8(6)11/h2-4H,1H3,(H,12,13,14). The Hall–Kier alpha value is -1.23. The predicted octanol–water partition coefficient (Wildman–Crippen LogP) is 1.86. The Morgan fingerprint density at radius 3 is 2.64 bits per heavy atom. The minimum atomic E-state index is -0.740. The molecule has 5 heteroatoms. The van der Waals surface area contributed by atoms with Crippen LogP contribution in [0.2, 0.25) is 0 Å². The summed E-state index contributed by atoms with van der Waals surface area (Å²) < 4.78 is 13.5. The Labute approximate surface area is 88.4 Å². The first-order chi connectivity index (χ1) is 6.52. The molecule has 0 radical (unpaired) electrons. The molecule has 1 N–H and O–H groups in total. The van der Waals surface area contributed by atoms with Gasteiger partial charge in [0.05, 0.1) is 10.0 Å². The molecule has 0 aromatic heterocycles. The van der Waals surface area contributed by atoms with Crippen LogP contribution in [0.15, 0.2) is 22.7 Å². The highest BCUT2D eigenvalue weighted by molar-refractivity contribution is 9.10. The van der Waals surface area contributed by atoms with Gasteiger partial charge in [0.15, 0.2) is 0 Å². The summed E-state index contributed by atoms with van der Waals surface area (Å²) in [6, 6.07) is 4.29. The quantitative estimate of drug-likeness (QED) is 0.837. The molecular weight excluding hydrogens is 253 g/mol. The zero-order valence-corrected chi connectivity index (χ0v) is 8.89. The van der Waals surface area contributed by atoms with E-state index >= 15 is 0 Å². The summed E-state index contributed by atoms with van der Waals surface area (Å²) in [5.74, 6) is -1.93. The maximum Gasteiger partial charge on any atom is 0.260 e. The van der Waals surface area contributed by atoms with Crippen LogP contribution in [-0.4, -0.2) is 11.8 Å². The molecule has 0 fully saturated rings. The number of hydrogen-bond acceptors (Lipinski definition) is 2. The lowest BCUT2D eigenvalue weighted by molar-refractivity contribution is -0.118. The fourth-order valence-electron chi connectivity index (χ4n) is 0.906. The van der Waals surface area contributed by atoms with Crippen LogP contribution in [-0.2, 0) is 4.79 Å². The van der Waals surface area contributed by atoms with Gasteiger partial charge in [0, 0.05) is 6.92 Å². The molecule has 2 amide bonds. The van der Waals surface area contributed by atoms with Crippen LogP contribution >= 0.6 is 15.9 Å². The average Bonchev–Trinajstić information content (AvgIpc) is 2.08. The van der Waals surface area contributed by atoms with E-state index < -0.39 is 17.6 Å². The molecule has 0 saturated heterocycles. The van der Waals surface area contributed by atoms with Crippen LogP contribution in [0.3, 0.4) is 0 Å². The Kier molecular flexibility index (Phi) is 3.35. The summed E-state index contributed by atoms with van der Waals surface area (Å²) in [6.45, 7) is 1.19. The van der Waals surface area contributed by atoms with Gasteiger partial charge in [-0.2, -0.15) is 0 Å². The number of carbonyl (C=O) groups excluding carboxylic acids is 2. The number of imide groups is 1. The van der Waals surface area contributed by atoms with E-state index in [-0.39, 0.29) is 10.0 Å². The zero-order chi connectivity index (χ0) is 10.7. The number of halogens is 2. The number of amides is 2. The van der Waals surface area contributed by atoms with Gasteiger partial charge in [-0.25, -0.2) is 4.39 Å². The topological polar surface area (TPSA) is 46.2 Å². The third kappa shape index (κ3) is 2.38. The summed E-state index contributed by atoms with van der Waals surface area (Å²) in [5, 5.41) is 1.99. The third-order valence-corrected chi connectivity index (χ3v) is 2.10. The van der Waals surface area contributed by atoms with Crippen molar-refractivity contribution in [2.75, 3.05) is 0 Å². The van der Waals surface area contributed by atoms with E-state index in [1.165, 1.54) is 25.1 Å². The molecule has 0 aliphatic rings. The molecule has 0 atom stereocenters. The van der Waals surface area contributed by atoms with E-state index in [2.05, 4.69) is 15.9 Å². The lowest BCUT2D eigenvalue weighted by atomic mass is 10.2. The highest BCUT2D eigenvalue weighted by Crippen LogP contribution is 2.18. The maximum absolute atomic E-state index is 13.3. The molecule has 0 bridgehead atoms. The number of rotatable bonds is 1. The van der Waals surface area contributed by atoms with Gasteiger partial charge in [0.2, 0.25) is 5.91 Å². The first-order valence-corrected chi connectivity index (χ1v) is 4.57. The predicted molar refractivity (Wildman–Crippen MR) is 52.2 cm³/mol. The zero-order valence-electron chi connectivity index (χ0n) is 7.30. The van der Waals surface area contributed by atoms with Crippen LogP contribution in [0.1, 0.15) is 17.3 Å². The molecule has 1 aromatic carbocycles. The minimum absolute atomic E-state index is 0.158. The Bertz CT molecular complexity index is 392. The number of carbonyl (C=O) groups is 2. The second-order valence-corrected chi connectivity index (χ2v) is 3.47. The fourth-order valence-corrected chi connectivity index (χ4v) is 1.27. The van der Waals surface area contributed by atoms with E-state index in [1.54, 1.807) is 0 Å². The van der Waals surface area contributed by atoms with E-state index in [9.17, 15) is 14.0 Å². The lowest BCUT2D eigenvalue weighted by Gasteiger charge is -2.03. The first kappa shape index (κ1) is 10.8. The highest BCUT2D eigenvalue weighted by atomic mass is 79.9. The monoisotopic (exact) mass is 259 g/mol. The van der Waals surface area contributed by atoms with Crippen LogP contribution in [0.25, 0.3) is 0 Å². The molecule has 0 aliphatic carbocycles. The summed E-state index contributed by atoms with van der Waals surface area (Å²) in [5.41, 5.74) is -0.158. The summed E-state index contributed by atoms with van der Waals surface area (Å²) in [6.07, 6.45) is 0. The SMILES string of the molecule is CC(=O)NC(=O)c1cccc(Br)c1F. The normalized spacial score (nSPS) is 9.64. The van der Waals surface area contributed by atoms with Crippen molar-refractivity contribution in [3.8, 4) is 0 Å². The van der Waals surface area contributed by atoms with Crippen molar-refractivity contribution in [3.63, 3.8) is 0 Å². The molecule has 0 heterocycles. The van der Waals surface area contributed by atoms with Crippen LogP contribution in [0.5, 0.6) is 0 Å². The second-order valence-electron chi connectivity index (χ2n) is 2.61. The van der Waals surface area contributed by atoms with Gasteiger partial charge >= 0.3 is 0 Å². The van der Waals surface area contributed by atoms with Crippen molar-refractivity contribution in [2.24, 2.45) is 0 Å². The van der Waals surface area contributed by atoms with Gasteiger partial charge in [0.25, 0.3) is 5.91 Å². The van der Waals surface area contributed by atoms with E-state index in [1.807, 2.05) is 5.32 Å². The van der Waals surface area contributed by atoms with Gasteiger partial charge in [0.1, 0.15) is 5.82 Å². The third-order valence-electron chi connectivity index (χ3n) is 1.49. The number of hydrogen-bond donors (Lipinski definition) is 1. The van der Waals surface area contributed by atoms with Gasteiger partial charge in [-0.3, -0.25) is 14.9 Å². The Morgan fingerprint density at radius 2 is 2.07 bits per heavy atom. The molecule has 1 rings (SSSR count). The van der Waals surface area contributed by atoms with Crippen molar-refractivity contribution in [2.45, 2.75) is 6.92 Å². The number of benzene rings is 1. The molecule has 1 aromatic rings. The van der Waals surface area contributed by atoms with Crippen LogP contribution < -0.4 is 5.32 Å².